The van der Waals surface area contributed by atoms with Crippen molar-refractivity contribution in [3.8, 4) is 5.75 Å². The standard InChI is InChI=1S/C6H4BFOS/c7-3-1-2-4(9)5(8)6(3)10/h1-2,9-10H. The van der Waals surface area contributed by atoms with E-state index in [0.717, 1.165) is 0 Å². The van der Waals surface area contributed by atoms with E-state index in [0.29, 0.717) is 0 Å². The van der Waals surface area contributed by atoms with Gasteiger partial charge in [-0.15, -0.1) is 12.6 Å². The SMILES string of the molecule is [B]c1ccc(O)c(F)c1S. The van der Waals surface area contributed by atoms with Gasteiger partial charge in [-0.3, -0.25) is 0 Å². The molecule has 1 nitrogen and oxygen atoms in total. The van der Waals surface area contributed by atoms with Crippen molar-refractivity contribution in [1.29, 1.82) is 0 Å². The molecular formula is C6H4BFOS. The van der Waals surface area contributed by atoms with Gasteiger partial charge in [-0.05, 0) is 6.07 Å². The Morgan fingerprint density at radius 1 is 1.50 bits per heavy atom. The van der Waals surface area contributed by atoms with Gasteiger partial charge in [0.25, 0.3) is 0 Å². The first-order valence-electron chi connectivity index (χ1n) is 2.59. The minimum atomic E-state index is -0.775. The molecule has 0 amide bonds. The third-order valence-corrected chi connectivity index (χ3v) is 1.58. The van der Waals surface area contributed by atoms with Crippen molar-refractivity contribution < 1.29 is 9.50 Å². The molecule has 0 saturated heterocycles. The fourth-order valence-electron chi connectivity index (χ4n) is 0.569. The zero-order chi connectivity index (χ0) is 7.72. The van der Waals surface area contributed by atoms with Crippen LogP contribution in [0.15, 0.2) is 17.0 Å². The molecule has 0 spiro atoms. The summed E-state index contributed by atoms with van der Waals surface area (Å²) >= 11 is 3.72. The second-order valence-electron chi connectivity index (χ2n) is 1.84. The average Bonchev–Trinajstić information content (AvgIpc) is 1.93. The minimum Gasteiger partial charge on any atom is -0.505 e. The first-order valence-corrected chi connectivity index (χ1v) is 3.03. The van der Waals surface area contributed by atoms with Gasteiger partial charge in [0.05, 0.1) is 0 Å². The molecule has 0 unspecified atom stereocenters. The molecule has 1 aromatic rings. The van der Waals surface area contributed by atoms with Crippen molar-refractivity contribution >= 4 is 25.9 Å². The van der Waals surface area contributed by atoms with Crippen molar-refractivity contribution in [1.82, 2.24) is 0 Å². The van der Waals surface area contributed by atoms with Crippen LogP contribution in [0.1, 0.15) is 0 Å². The average molecular weight is 154 g/mol. The number of phenolic OH excluding ortho intramolecular Hbond substituents is 1. The Morgan fingerprint density at radius 3 is 2.60 bits per heavy atom. The summed E-state index contributed by atoms with van der Waals surface area (Å²) in [6.45, 7) is 0. The predicted octanol–water partition coefficient (Wildman–Crippen LogP) is 0.614. The summed E-state index contributed by atoms with van der Waals surface area (Å²) in [5.41, 5.74) is 0.221. The largest absolute Gasteiger partial charge is 0.505 e. The van der Waals surface area contributed by atoms with E-state index in [1.165, 1.54) is 12.1 Å². The quantitative estimate of drug-likeness (QED) is 0.414. The summed E-state index contributed by atoms with van der Waals surface area (Å²) in [4.78, 5) is -0.0139. The normalized spacial score (nSPS) is 9.80. The van der Waals surface area contributed by atoms with Gasteiger partial charge >= 0.3 is 0 Å². The topological polar surface area (TPSA) is 20.2 Å². The molecule has 0 heterocycles. The number of hydrogen-bond acceptors (Lipinski definition) is 2. The second-order valence-corrected chi connectivity index (χ2v) is 2.28. The van der Waals surface area contributed by atoms with Gasteiger partial charge in [-0.2, -0.15) is 0 Å². The Morgan fingerprint density at radius 2 is 2.10 bits per heavy atom. The number of thiol groups is 1. The zero-order valence-electron chi connectivity index (χ0n) is 5.00. The summed E-state index contributed by atoms with van der Waals surface area (Å²) in [6.07, 6.45) is 0. The van der Waals surface area contributed by atoms with Crippen LogP contribution < -0.4 is 5.46 Å². The first kappa shape index (κ1) is 7.47. The fourth-order valence-corrected chi connectivity index (χ4v) is 0.758. The number of halogens is 1. The Balaban J connectivity index is 3.34. The highest BCUT2D eigenvalue weighted by atomic mass is 32.1. The van der Waals surface area contributed by atoms with E-state index < -0.39 is 11.6 Å². The van der Waals surface area contributed by atoms with Gasteiger partial charge in [-0.1, -0.05) is 11.5 Å². The van der Waals surface area contributed by atoms with Gasteiger partial charge in [0.2, 0.25) is 0 Å². The monoisotopic (exact) mass is 154 g/mol. The molecule has 0 aliphatic rings. The smallest absolute Gasteiger partial charge is 0.177 e. The lowest BCUT2D eigenvalue weighted by molar-refractivity contribution is 0.426. The summed E-state index contributed by atoms with van der Waals surface area (Å²) in [5.74, 6) is -1.21. The van der Waals surface area contributed by atoms with E-state index in [-0.39, 0.29) is 10.4 Å². The number of phenols is 1. The summed E-state index contributed by atoms with van der Waals surface area (Å²) in [6, 6.07) is 2.57. The Bertz CT molecular complexity index is 237. The summed E-state index contributed by atoms with van der Waals surface area (Å²) in [5, 5.41) is 8.75. The second kappa shape index (κ2) is 2.54. The van der Waals surface area contributed by atoms with Crippen molar-refractivity contribution in [2.75, 3.05) is 0 Å². The molecule has 1 N–H and O–H groups in total. The van der Waals surface area contributed by atoms with Crippen LogP contribution in [-0.4, -0.2) is 13.0 Å². The highest BCUT2D eigenvalue weighted by Crippen LogP contribution is 2.18. The molecule has 4 heteroatoms. The van der Waals surface area contributed by atoms with Crippen molar-refractivity contribution in [2.24, 2.45) is 0 Å². The molecule has 0 bridgehead atoms. The summed E-state index contributed by atoms with van der Waals surface area (Å²) < 4.78 is 12.6. The molecule has 0 aliphatic carbocycles. The maximum atomic E-state index is 12.6. The van der Waals surface area contributed by atoms with E-state index in [2.05, 4.69) is 12.6 Å². The molecule has 0 aliphatic heterocycles. The molecule has 0 aromatic heterocycles. The van der Waals surface area contributed by atoms with E-state index in [1.54, 1.807) is 0 Å². The summed E-state index contributed by atoms with van der Waals surface area (Å²) in [7, 11) is 5.26. The Labute approximate surface area is 64.7 Å². The molecule has 0 fully saturated rings. The van der Waals surface area contributed by atoms with Gasteiger partial charge in [0.15, 0.2) is 11.6 Å². The van der Waals surface area contributed by atoms with Gasteiger partial charge in [0.1, 0.15) is 7.85 Å². The van der Waals surface area contributed by atoms with Crippen LogP contribution in [0, 0.1) is 5.82 Å². The molecule has 50 valence electrons. The fraction of sp³-hybridized carbons (Fsp3) is 0. The third kappa shape index (κ3) is 1.11. The predicted molar refractivity (Wildman–Crippen MR) is 40.7 cm³/mol. The van der Waals surface area contributed by atoms with Crippen LogP contribution >= 0.6 is 12.6 Å². The van der Waals surface area contributed by atoms with Crippen molar-refractivity contribution in [3.63, 3.8) is 0 Å². The lowest BCUT2D eigenvalue weighted by Gasteiger charge is -2.00. The van der Waals surface area contributed by atoms with Gasteiger partial charge < -0.3 is 5.11 Å². The molecule has 1 rings (SSSR count). The van der Waals surface area contributed by atoms with Crippen LogP contribution in [0.4, 0.5) is 4.39 Å². The van der Waals surface area contributed by atoms with Crippen LogP contribution in [0.3, 0.4) is 0 Å². The Hall–Kier alpha value is -0.635. The maximum absolute atomic E-state index is 12.6. The third-order valence-electron chi connectivity index (χ3n) is 1.13. The molecule has 10 heavy (non-hydrogen) atoms. The van der Waals surface area contributed by atoms with Crippen LogP contribution in [0.25, 0.3) is 0 Å². The number of rotatable bonds is 0. The minimum absolute atomic E-state index is 0.0139. The van der Waals surface area contributed by atoms with E-state index in [1.807, 2.05) is 0 Å². The van der Waals surface area contributed by atoms with E-state index in [4.69, 9.17) is 13.0 Å². The molecule has 0 saturated carbocycles. The van der Waals surface area contributed by atoms with Crippen LogP contribution in [0.5, 0.6) is 5.75 Å². The first-order chi connectivity index (χ1) is 4.63. The molecule has 1 aromatic carbocycles. The molecular weight excluding hydrogens is 150 g/mol. The molecule has 0 atom stereocenters. The highest BCUT2D eigenvalue weighted by Gasteiger charge is 2.04. The number of hydrogen-bond donors (Lipinski definition) is 2. The lowest BCUT2D eigenvalue weighted by Crippen LogP contribution is -2.05. The number of benzene rings is 1. The van der Waals surface area contributed by atoms with Gasteiger partial charge in [-0.25, -0.2) is 4.39 Å². The van der Waals surface area contributed by atoms with Crippen LogP contribution in [-0.2, 0) is 0 Å². The molecule has 2 radical (unpaired) electrons. The van der Waals surface area contributed by atoms with E-state index >= 15 is 0 Å². The maximum Gasteiger partial charge on any atom is 0.177 e. The van der Waals surface area contributed by atoms with Crippen molar-refractivity contribution in [3.05, 3.63) is 17.9 Å². The van der Waals surface area contributed by atoms with Gasteiger partial charge in [0, 0.05) is 4.90 Å². The zero-order valence-corrected chi connectivity index (χ0v) is 5.90. The highest BCUT2D eigenvalue weighted by molar-refractivity contribution is 7.80. The van der Waals surface area contributed by atoms with Crippen LogP contribution in [0.2, 0.25) is 0 Å². The lowest BCUT2D eigenvalue weighted by atomic mass is 9.96. The Kier molecular flexibility index (Phi) is 1.90. The van der Waals surface area contributed by atoms with E-state index in [9.17, 15) is 4.39 Å². The van der Waals surface area contributed by atoms with Crippen molar-refractivity contribution in [2.45, 2.75) is 4.90 Å². The number of aromatic hydroxyl groups is 1.